The number of carbonyl (C=O) groups excluding carboxylic acids is 1. The Morgan fingerprint density at radius 3 is 2.91 bits per heavy atom. The first-order valence-electron chi connectivity index (χ1n) is 6.98. The van der Waals surface area contributed by atoms with Crippen LogP contribution in [0.3, 0.4) is 0 Å². The highest BCUT2D eigenvalue weighted by molar-refractivity contribution is 6.30. The molecule has 7 heteroatoms. The number of aromatic nitrogens is 3. The van der Waals surface area contributed by atoms with Crippen LogP contribution in [-0.2, 0) is 22.5 Å². The first-order chi connectivity index (χ1) is 10.6. The van der Waals surface area contributed by atoms with Crippen molar-refractivity contribution in [1.82, 2.24) is 14.8 Å². The van der Waals surface area contributed by atoms with Gasteiger partial charge in [-0.25, -0.2) is 0 Å². The Balaban J connectivity index is 2.01. The van der Waals surface area contributed by atoms with Crippen molar-refractivity contribution < 1.29 is 14.3 Å². The van der Waals surface area contributed by atoms with Gasteiger partial charge in [0.05, 0.1) is 25.7 Å². The van der Waals surface area contributed by atoms with E-state index in [1.54, 1.807) is 19.2 Å². The van der Waals surface area contributed by atoms with E-state index in [0.717, 1.165) is 17.8 Å². The van der Waals surface area contributed by atoms with Crippen LogP contribution in [0.2, 0.25) is 5.02 Å². The van der Waals surface area contributed by atoms with E-state index in [2.05, 4.69) is 10.2 Å². The van der Waals surface area contributed by atoms with Crippen LogP contribution in [0.25, 0.3) is 11.4 Å². The number of ether oxygens (including phenoxy) is 2. The van der Waals surface area contributed by atoms with Crippen molar-refractivity contribution >= 4 is 17.6 Å². The van der Waals surface area contributed by atoms with Gasteiger partial charge in [0, 0.05) is 18.0 Å². The number of aryl methyl sites for hydroxylation is 1. The van der Waals surface area contributed by atoms with Gasteiger partial charge in [0.15, 0.2) is 5.82 Å². The number of hydrogen-bond donors (Lipinski definition) is 0. The maximum atomic E-state index is 11.8. The lowest BCUT2D eigenvalue weighted by molar-refractivity contribution is -0.146. The van der Waals surface area contributed by atoms with Gasteiger partial charge in [0.1, 0.15) is 11.6 Å². The minimum atomic E-state index is -0.201. The molecule has 1 aliphatic rings. The zero-order valence-corrected chi connectivity index (χ0v) is 13.1. The fourth-order valence-electron chi connectivity index (χ4n) is 2.74. The van der Waals surface area contributed by atoms with Gasteiger partial charge < -0.3 is 14.0 Å². The molecule has 0 amide bonds. The maximum absolute atomic E-state index is 11.8. The van der Waals surface area contributed by atoms with Crippen molar-refractivity contribution in [2.24, 2.45) is 5.92 Å². The average molecular weight is 322 g/mol. The quantitative estimate of drug-likeness (QED) is 0.812. The summed E-state index contributed by atoms with van der Waals surface area (Å²) in [4.78, 5) is 11.8. The second kappa shape index (κ2) is 5.96. The molecule has 1 aliphatic heterocycles. The minimum absolute atomic E-state index is 0.175. The predicted octanol–water partition coefficient (Wildman–Crippen LogP) is 2.34. The van der Waals surface area contributed by atoms with Gasteiger partial charge in [-0.2, -0.15) is 0 Å². The number of fused-ring (bicyclic) bond motifs is 1. The normalized spacial score (nSPS) is 17.0. The molecule has 2 aromatic rings. The Bertz CT molecular complexity index is 714. The Hall–Kier alpha value is -2.08. The molecule has 1 aromatic heterocycles. The third-order valence-electron chi connectivity index (χ3n) is 3.89. The molecule has 0 aliphatic carbocycles. The smallest absolute Gasteiger partial charge is 0.310 e. The van der Waals surface area contributed by atoms with Crippen molar-refractivity contribution in [3.8, 4) is 17.1 Å². The van der Waals surface area contributed by atoms with Gasteiger partial charge in [0.2, 0.25) is 0 Å². The molecule has 0 spiro atoms. The molecule has 22 heavy (non-hydrogen) atoms. The molecular formula is C15H16ClN3O3. The van der Waals surface area contributed by atoms with Gasteiger partial charge in [-0.15, -0.1) is 10.2 Å². The number of halogens is 1. The molecule has 0 saturated carbocycles. The van der Waals surface area contributed by atoms with Crippen molar-refractivity contribution in [3.63, 3.8) is 0 Å². The summed E-state index contributed by atoms with van der Waals surface area (Å²) in [6, 6.07) is 5.36. The van der Waals surface area contributed by atoms with Gasteiger partial charge in [0.25, 0.3) is 0 Å². The SMILES string of the molecule is COC(=O)C1CCc2nnc(-c3ccc(Cl)cc3OC)n2C1. The molecule has 116 valence electrons. The first-order valence-corrected chi connectivity index (χ1v) is 7.35. The van der Waals surface area contributed by atoms with Crippen molar-refractivity contribution in [1.29, 1.82) is 0 Å². The summed E-state index contributed by atoms with van der Waals surface area (Å²) in [7, 11) is 2.99. The molecule has 0 saturated heterocycles. The fraction of sp³-hybridized carbons (Fsp3) is 0.400. The molecule has 0 N–H and O–H groups in total. The third kappa shape index (κ3) is 2.54. The summed E-state index contributed by atoms with van der Waals surface area (Å²) < 4.78 is 12.2. The van der Waals surface area contributed by atoms with Crippen LogP contribution in [0.15, 0.2) is 18.2 Å². The second-order valence-electron chi connectivity index (χ2n) is 5.15. The van der Waals surface area contributed by atoms with E-state index < -0.39 is 0 Å². The molecule has 1 atom stereocenters. The zero-order valence-electron chi connectivity index (χ0n) is 12.4. The molecule has 1 unspecified atom stereocenters. The summed E-state index contributed by atoms with van der Waals surface area (Å²) in [6.45, 7) is 0.510. The largest absolute Gasteiger partial charge is 0.496 e. The number of rotatable bonds is 3. The molecular weight excluding hydrogens is 306 g/mol. The Labute approximate surface area is 133 Å². The van der Waals surface area contributed by atoms with Crippen molar-refractivity contribution in [2.45, 2.75) is 19.4 Å². The maximum Gasteiger partial charge on any atom is 0.310 e. The third-order valence-corrected chi connectivity index (χ3v) is 4.12. The predicted molar refractivity (Wildman–Crippen MR) is 80.8 cm³/mol. The first kappa shape index (κ1) is 14.8. The van der Waals surface area contributed by atoms with Crippen LogP contribution < -0.4 is 4.74 Å². The average Bonchev–Trinajstić information content (AvgIpc) is 2.96. The van der Waals surface area contributed by atoms with E-state index in [4.69, 9.17) is 21.1 Å². The van der Waals surface area contributed by atoms with Crippen LogP contribution in [-0.4, -0.2) is 35.0 Å². The highest BCUT2D eigenvalue weighted by Crippen LogP contribution is 2.33. The lowest BCUT2D eigenvalue weighted by atomic mass is 9.99. The van der Waals surface area contributed by atoms with E-state index in [9.17, 15) is 4.79 Å². The fourth-order valence-corrected chi connectivity index (χ4v) is 2.90. The molecule has 2 heterocycles. The number of carbonyl (C=O) groups is 1. The molecule has 0 bridgehead atoms. The van der Waals surface area contributed by atoms with Crippen molar-refractivity contribution in [3.05, 3.63) is 29.0 Å². The Morgan fingerprint density at radius 1 is 1.36 bits per heavy atom. The minimum Gasteiger partial charge on any atom is -0.496 e. The van der Waals surface area contributed by atoms with Crippen LogP contribution in [0.5, 0.6) is 5.75 Å². The molecule has 0 radical (unpaired) electrons. The van der Waals surface area contributed by atoms with E-state index in [1.807, 2.05) is 10.6 Å². The van der Waals surface area contributed by atoms with Crippen molar-refractivity contribution in [2.75, 3.05) is 14.2 Å². The standard InChI is InChI=1S/C15H16ClN3O3/c1-21-12-7-10(16)4-5-11(12)14-18-17-13-6-3-9(8-19(13)14)15(20)22-2/h4-5,7,9H,3,6,8H2,1-2H3. The lowest BCUT2D eigenvalue weighted by Crippen LogP contribution is -2.28. The summed E-state index contributed by atoms with van der Waals surface area (Å²) in [5, 5.41) is 9.08. The topological polar surface area (TPSA) is 66.2 Å². The number of methoxy groups -OCH3 is 2. The number of esters is 1. The highest BCUT2D eigenvalue weighted by Gasteiger charge is 2.29. The molecule has 3 rings (SSSR count). The van der Waals surface area contributed by atoms with E-state index in [0.29, 0.717) is 29.6 Å². The van der Waals surface area contributed by atoms with Crippen LogP contribution in [0.4, 0.5) is 0 Å². The molecule has 6 nitrogen and oxygen atoms in total. The summed E-state index contributed by atoms with van der Waals surface area (Å²) in [5.74, 6) is 1.80. The van der Waals surface area contributed by atoms with Gasteiger partial charge in [-0.1, -0.05) is 11.6 Å². The monoisotopic (exact) mass is 321 g/mol. The van der Waals surface area contributed by atoms with Gasteiger partial charge >= 0.3 is 5.97 Å². The Morgan fingerprint density at radius 2 is 2.18 bits per heavy atom. The lowest BCUT2D eigenvalue weighted by Gasteiger charge is -2.22. The van der Waals surface area contributed by atoms with Gasteiger partial charge in [-0.05, 0) is 24.6 Å². The highest BCUT2D eigenvalue weighted by atomic mass is 35.5. The van der Waals surface area contributed by atoms with Gasteiger partial charge in [-0.3, -0.25) is 4.79 Å². The number of benzene rings is 1. The second-order valence-corrected chi connectivity index (χ2v) is 5.59. The summed E-state index contributed by atoms with van der Waals surface area (Å²) in [5.41, 5.74) is 0.802. The number of hydrogen-bond acceptors (Lipinski definition) is 5. The number of nitrogens with zero attached hydrogens (tertiary/aromatic N) is 3. The van der Waals surface area contributed by atoms with Crippen LogP contribution >= 0.6 is 11.6 Å². The summed E-state index contributed by atoms with van der Waals surface area (Å²) in [6.07, 6.45) is 1.42. The van der Waals surface area contributed by atoms with Crippen LogP contribution in [0, 0.1) is 5.92 Å². The van der Waals surface area contributed by atoms with E-state index >= 15 is 0 Å². The summed E-state index contributed by atoms with van der Waals surface area (Å²) >= 11 is 6.00. The zero-order chi connectivity index (χ0) is 15.7. The van der Waals surface area contributed by atoms with E-state index in [-0.39, 0.29) is 11.9 Å². The Kier molecular flexibility index (Phi) is 4.02. The van der Waals surface area contributed by atoms with Crippen LogP contribution in [0.1, 0.15) is 12.2 Å². The molecule has 1 aromatic carbocycles. The molecule has 0 fully saturated rings. The van der Waals surface area contributed by atoms with E-state index in [1.165, 1.54) is 7.11 Å².